The van der Waals surface area contributed by atoms with Gasteiger partial charge in [-0.3, -0.25) is 14.4 Å². The van der Waals surface area contributed by atoms with Crippen LogP contribution in [0.4, 0.5) is 5.69 Å². The normalized spacial score (nSPS) is 19.6. The molecule has 2 heterocycles. The van der Waals surface area contributed by atoms with E-state index in [1.54, 1.807) is 16.7 Å². The van der Waals surface area contributed by atoms with E-state index in [4.69, 9.17) is 4.74 Å². The minimum Gasteiger partial charge on any atom is -0.376 e. The molecule has 3 amide bonds. The van der Waals surface area contributed by atoms with Gasteiger partial charge >= 0.3 is 0 Å². The summed E-state index contributed by atoms with van der Waals surface area (Å²) < 4.78 is 5.73. The third kappa shape index (κ3) is 5.59. The van der Waals surface area contributed by atoms with Crippen molar-refractivity contribution < 1.29 is 19.1 Å². The van der Waals surface area contributed by atoms with Gasteiger partial charge in [0.2, 0.25) is 17.7 Å². The Morgan fingerprint density at radius 3 is 2.53 bits per heavy atom. The van der Waals surface area contributed by atoms with E-state index >= 15 is 0 Å². The molecule has 0 unspecified atom stereocenters. The molecule has 0 saturated carbocycles. The van der Waals surface area contributed by atoms with E-state index in [0.29, 0.717) is 39.1 Å². The first-order valence-corrected chi connectivity index (χ1v) is 10.9. The Bertz CT molecular complexity index is 781. The zero-order chi connectivity index (χ0) is 21.7. The van der Waals surface area contributed by atoms with Gasteiger partial charge in [-0.25, -0.2) is 0 Å². The van der Waals surface area contributed by atoms with Gasteiger partial charge in [0.05, 0.1) is 12.6 Å². The molecule has 3 rings (SSSR count). The summed E-state index contributed by atoms with van der Waals surface area (Å²) in [6.07, 6.45) is 3.15. The van der Waals surface area contributed by atoms with Gasteiger partial charge in [0.1, 0.15) is 0 Å². The summed E-state index contributed by atoms with van der Waals surface area (Å²) in [5.74, 6) is -0.318. The molecule has 0 radical (unpaired) electrons. The summed E-state index contributed by atoms with van der Waals surface area (Å²) in [5, 5.41) is 2.96. The molecular weight excluding hydrogens is 382 g/mol. The van der Waals surface area contributed by atoms with E-state index in [9.17, 15) is 14.4 Å². The fourth-order valence-electron chi connectivity index (χ4n) is 4.22. The quantitative estimate of drug-likeness (QED) is 0.774. The lowest BCUT2D eigenvalue weighted by Gasteiger charge is -2.34. The van der Waals surface area contributed by atoms with E-state index in [0.717, 1.165) is 29.7 Å². The fourth-order valence-corrected chi connectivity index (χ4v) is 4.22. The molecule has 7 heteroatoms. The van der Waals surface area contributed by atoms with Crippen LogP contribution in [0.2, 0.25) is 0 Å². The van der Waals surface area contributed by atoms with Crippen LogP contribution in [-0.2, 0) is 19.1 Å². The van der Waals surface area contributed by atoms with E-state index in [2.05, 4.69) is 5.32 Å². The number of carbonyl (C=O) groups excluding carboxylic acids is 3. The number of piperidine rings is 1. The third-order valence-electron chi connectivity index (χ3n) is 6.26. The van der Waals surface area contributed by atoms with E-state index < -0.39 is 0 Å². The highest BCUT2D eigenvalue weighted by molar-refractivity contribution is 5.95. The van der Waals surface area contributed by atoms with Crippen LogP contribution in [0.1, 0.15) is 43.7 Å². The first-order chi connectivity index (χ1) is 14.3. The summed E-state index contributed by atoms with van der Waals surface area (Å²) in [7, 11) is 0. The Hall–Kier alpha value is -2.41. The first kappa shape index (κ1) is 22.3. The molecule has 2 fully saturated rings. The number of aryl methyl sites for hydroxylation is 1. The van der Waals surface area contributed by atoms with Crippen LogP contribution in [-0.4, -0.2) is 66.4 Å². The summed E-state index contributed by atoms with van der Waals surface area (Å²) >= 11 is 0. The molecular formula is C23H33N3O4. The second-order valence-electron chi connectivity index (χ2n) is 8.43. The maximum atomic E-state index is 13.3. The van der Waals surface area contributed by atoms with E-state index in [1.165, 1.54) is 0 Å². The van der Waals surface area contributed by atoms with Crippen molar-refractivity contribution in [1.29, 1.82) is 0 Å². The van der Waals surface area contributed by atoms with Crippen LogP contribution in [0, 0.1) is 19.8 Å². The van der Waals surface area contributed by atoms with Crippen LogP contribution < -0.4 is 5.32 Å². The Balaban J connectivity index is 1.65. The number of benzene rings is 1. The number of hydrogen-bond donors (Lipinski definition) is 1. The summed E-state index contributed by atoms with van der Waals surface area (Å²) in [5.41, 5.74) is 2.91. The Morgan fingerprint density at radius 2 is 1.90 bits per heavy atom. The average molecular weight is 416 g/mol. The summed E-state index contributed by atoms with van der Waals surface area (Å²) in [6.45, 7) is 7.88. The van der Waals surface area contributed by atoms with Crippen molar-refractivity contribution in [2.75, 3.05) is 38.1 Å². The molecule has 0 bridgehead atoms. The zero-order valence-corrected chi connectivity index (χ0v) is 18.3. The van der Waals surface area contributed by atoms with Gasteiger partial charge in [0.25, 0.3) is 0 Å². The molecule has 1 N–H and O–H groups in total. The molecule has 0 aromatic heterocycles. The number of rotatable bonds is 6. The van der Waals surface area contributed by atoms with Gasteiger partial charge < -0.3 is 19.9 Å². The molecule has 1 aromatic carbocycles. The maximum absolute atomic E-state index is 13.3. The monoisotopic (exact) mass is 415 g/mol. The van der Waals surface area contributed by atoms with Gasteiger partial charge in [0, 0.05) is 44.8 Å². The predicted molar refractivity (Wildman–Crippen MR) is 115 cm³/mol. The molecule has 2 aliphatic heterocycles. The topological polar surface area (TPSA) is 79.0 Å². The highest BCUT2D eigenvalue weighted by Gasteiger charge is 2.32. The molecule has 0 aliphatic carbocycles. The highest BCUT2D eigenvalue weighted by atomic mass is 16.5. The van der Waals surface area contributed by atoms with Crippen molar-refractivity contribution in [2.24, 2.45) is 5.92 Å². The Labute approximate surface area is 178 Å². The van der Waals surface area contributed by atoms with Crippen LogP contribution >= 0.6 is 0 Å². The molecule has 2 aliphatic rings. The Morgan fingerprint density at radius 1 is 1.17 bits per heavy atom. The maximum Gasteiger partial charge on any atom is 0.244 e. The third-order valence-corrected chi connectivity index (χ3v) is 6.26. The standard InChI is InChI=1S/C23H33N3O4/c1-16-6-4-8-21(17(16)2)24-22(28)15-26(14-20-7-5-13-30-20)23(29)19-9-11-25(12-10-19)18(3)27/h4,6,8,19-20H,5,7,9-15H2,1-3H3,(H,24,28)/t20-/m0/s1. The number of amides is 3. The Kier molecular flexibility index (Phi) is 7.48. The second-order valence-corrected chi connectivity index (χ2v) is 8.43. The minimum atomic E-state index is -0.198. The molecule has 1 aromatic rings. The number of hydrogen-bond acceptors (Lipinski definition) is 4. The highest BCUT2D eigenvalue weighted by Crippen LogP contribution is 2.22. The molecule has 2 saturated heterocycles. The molecule has 164 valence electrons. The summed E-state index contributed by atoms with van der Waals surface area (Å²) in [6, 6.07) is 5.80. The SMILES string of the molecule is CC(=O)N1CCC(C(=O)N(CC(=O)Nc2cccc(C)c2C)C[C@@H]2CCCO2)CC1. The van der Waals surface area contributed by atoms with Gasteiger partial charge in [-0.1, -0.05) is 12.1 Å². The van der Waals surface area contributed by atoms with Crippen LogP contribution in [0.15, 0.2) is 18.2 Å². The van der Waals surface area contributed by atoms with Gasteiger partial charge in [-0.2, -0.15) is 0 Å². The minimum absolute atomic E-state index is 0.00943. The molecule has 30 heavy (non-hydrogen) atoms. The van der Waals surface area contributed by atoms with Crippen molar-refractivity contribution in [3.63, 3.8) is 0 Å². The van der Waals surface area contributed by atoms with Crippen LogP contribution in [0.25, 0.3) is 0 Å². The first-order valence-electron chi connectivity index (χ1n) is 10.9. The van der Waals surface area contributed by atoms with Crippen LogP contribution in [0.3, 0.4) is 0 Å². The van der Waals surface area contributed by atoms with Crippen LogP contribution in [0.5, 0.6) is 0 Å². The number of carbonyl (C=O) groups is 3. The van der Waals surface area contributed by atoms with E-state index in [1.807, 2.05) is 32.0 Å². The van der Waals surface area contributed by atoms with Gasteiger partial charge in [-0.15, -0.1) is 0 Å². The molecule has 7 nitrogen and oxygen atoms in total. The second kappa shape index (κ2) is 10.1. The average Bonchev–Trinajstić information content (AvgIpc) is 3.23. The zero-order valence-electron chi connectivity index (χ0n) is 18.3. The van der Waals surface area contributed by atoms with Crippen molar-refractivity contribution in [1.82, 2.24) is 9.80 Å². The summed E-state index contributed by atoms with van der Waals surface area (Å²) in [4.78, 5) is 41.1. The van der Waals surface area contributed by atoms with Gasteiger partial charge in [0.15, 0.2) is 0 Å². The number of likely N-dealkylation sites (tertiary alicyclic amines) is 1. The lowest BCUT2D eigenvalue weighted by molar-refractivity contribution is -0.143. The fraction of sp³-hybridized carbons (Fsp3) is 0.609. The number of nitrogens with one attached hydrogen (secondary N) is 1. The van der Waals surface area contributed by atoms with Crippen molar-refractivity contribution in [3.05, 3.63) is 29.3 Å². The lowest BCUT2D eigenvalue weighted by atomic mass is 9.95. The lowest BCUT2D eigenvalue weighted by Crippen LogP contribution is -2.48. The predicted octanol–water partition coefficient (Wildman–Crippen LogP) is 2.51. The van der Waals surface area contributed by atoms with E-state index in [-0.39, 0.29) is 36.3 Å². The molecule has 0 spiro atoms. The largest absolute Gasteiger partial charge is 0.376 e. The number of nitrogens with zero attached hydrogens (tertiary/aromatic N) is 2. The smallest absolute Gasteiger partial charge is 0.244 e. The number of ether oxygens (including phenoxy) is 1. The van der Waals surface area contributed by atoms with Gasteiger partial charge in [-0.05, 0) is 56.7 Å². The molecule has 1 atom stereocenters. The number of anilines is 1. The van der Waals surface area contributed by atoms with Crippen molar-refractivity contribution >= 4 is 23.4 Å². The van der Waals surface area contributed by atoms with Crippen molar-refractivity contribution in [2.45, 2.75) is 52.6 Å². The van der Waals surface area contributed by atoms with Crippen molar-refractivity contribution in [3.8, 4) is 0 Å².